The van der Waals surface area contributed by atoms with Gasteiger partial charge in [-0.3, -0.25) is 0 Å². The zero-order valence-electron chi connectivity index (χ0n) is 8.07. The first-order chi connectivity index (χ1) is 6.95. The molecule has 2 heterocycles. The molecule has 0 unspecified atom stereocenters. The Morgan fingerprint density at radius 1 is 1.07 bits per heavy atom. The van der Waals surface area contributed by atoms with E-state index in [1.807, 2.05) is 12.3 Å². The molecule has 0 bridgehead atoms. The lowest BCUT2D eigenvalue weighted by Crippen LogP contribution is -2.16. The SMILES string of the molecule is c1ccc2c(N3CCCC3)occ2c1. The van der Waals surface area contributed by atoms with Crippen LogP contribution in [0.25, 0.3) is 10.8 Å². The highest BCUT2D eigenvalue weighted by Crippen LogP contribution is 2.30. The lowest BCUT2D eigenvalue weighted by Gasteiger charge is -2.13. The molecule has 1 aliphatic rings. The molecule has 2 heteroatoms. The van der Waals surface area contributed by atoms with E-state index in [2.05, 4.69) is 23.1 Å². The Morgan fingerprint density at radius 2 is 1.86 bits per heavy atom. The van der Waals surface area contributed by atoms with Crippen molar-refractivity contribution in [3.8, 4) is 0 Å². The van der Waals surface area contributed by atoms with E-state index >= 15 is 0 Å². The molecule has 0 spiro atoms. The highest BCUT2D eigenvalue weighted by molar-refractivity contribution is 5.91. The van der Waals surface area contributed by atoms with Crippen LogP contribution in [0.15, 0.2) is 34.9 Å². The van der Waals surface area contributed by atoms with Gasteiger partial charge in [-0.05, 0) is 18.9 Å². The van der Waals surface area contributed by atoms with E-state index in [1.165, 1.54) is 23.6 Å². The van der Waals surface area contributed by atoms with E-state index in [-0.39, 0.29) is 0 Å². The molecule has 0 saturated carbocycles. The molecule has 1 aromatic heterocycles. The van der Waals surface area contributed by atoms with Crippen molar-refractivity contribution in [3.63, 3.8) is 0 Å². The van der Waals surface area contributed by atoms with Gasteiger partial charge in [0.15, 0.2) is 0 Å². The van der Waals surface area contributed by atoms with E-state index in [0.717, 1.165) is 19.0 Å². The van der Waals surface area contributed by atoms with Crippen LogP contribution < -0.4 is 4.90 Å². The number of benzene rings is 1. The Morgan fingerprint density at radius 3 is 2.71 bits per heavy atom. The van der Waals surface area contributed by atoms with E-state index in [0.29, 0.717) is 0 Å². The molecule has 2 nitrogen and oxygen atoms in total. The molecular formula is C12H13NO. The summed E-state index contributed by atoms with van der Waals surface area (Å²) in [7, 11) is 0. The summed E-state index contributed by atoms with van der Waals surface area (Å²) in [5.41, 5.74) is 0. The molecule has 3 rings (SSSR count). The fraction of sp³-hybridized carbons (Fsp3) is 0.333. The van der Waals surface area contributed by atoms with Crippen molar-refractivity contribution >= 4 is 16.7 Å². The number of hydrogen-bond acceptors (Lipinski definition) is 2. The van der Waals surface area contributed by atoms with Crippen LogP contribution in [0.2, 0.25) is 0 Å². The Balaban J connectivity index is 2.11. The Labute approximate surface area is 83.1 Å². The Bertz CT molecular complexity index is 440. The zero-order valence-corrected chi connectivity index (χ0v) is 8.07. The van der Waals surface area contributed by atoms with Crippen LogP contribution in [0, 0.1) is 0 Å². The van der Waals surface area contributed by atoms with Gasteiger partial charge in [0.05, 0.1) is 0 Å². The van der Waals surface area contributed by atoms with Gasteiger partial charge in [-0.15, -0.1) is 0 Å². The highest BCUT2D eigenvalue weighted by atomic mass is 16.3. The number of rotatable bonds is 1. The lowest BCUT2D eigenvalue weighted by molar-refractivity contribution is 0.561. The molecule has 0 amide bonds. The van der Waals surface area contributed by atoms with Crippen molar-refractivity contribution < 1.29 is 4.42 Å². The maximum absolute atomic E-state index is 5.62. The summed E-state index contributed by atoms with van der Waals surface area (Å²) < 4.78 is 5.62. The highest BCUT2D eigenvalue weighted by Gasteiger charge is 2.17. The zero-order chi connectivity index (χ0) is 9.38. The average molecular weight is 187 g/mol. The molecule has 0 atom stereocenters. The van der Waals surface area contributed by atoms with Crippen molar-refractivity contribution in [2.24, 2.45) is 0 Å². The molecule has 1 fully saturated rings. The molecule has 0 aliphatic carbocycles. The monoisotopic (exact) mass is 187 g/mol. The van der Waals surface area contributed by atoms with Gasteiger partial charge in [0.2, 0.25) is 5.88 Å². The molecular weight excluding hydrogens is 174 g/mol. The van der Waals surface area contributed by atoms with Gasteiger partial charge in [0, 0.05) is 23.9 Å². The third-order valence-corrected chi connectivity index (χ3v) is 2.88. The number of hydrogen-bond donors (Lipinski definition) is 0. The third kappa shape index (κ3) is 1.10. The van der Waals surface area contributed by atoms with E-state index in [4.69, 9.17) is 4.42 Å². The summed E-state index contributed by atoms with van der Waals surface area (Å²) in [5, 5.41) is 2.45. The van der Waals surface area contributed by atoms with Crippen LogP contribution >= 0.6 is 0 Å². The third-order valence-electron chi connectivity index (χ3n) is 2.88. The van der Waals surface area contributed by atoms with Crippen molar-refractivity contribution in [1.29, 1.82) is 0 Å². The quantitative estimate of drug-likeness (QED) is 0.682. The predicted molar refractivity (Wildman–Crippen MR) is 57.7 cm³/mol. The normalized spacial score (nSPS) is 16.7. The summed E-state index contributed by atoms with van der Waals surface area (Å²) in [6, 6.07) is 8.34. The van der Waals surface area contributed by atoms with Crippen LogP contribution in [0.3, 0.4) is 0 Å². The molecule has 1 aromatic carbocycles. The topological polar surface area (TPSA) is 16.4 Å². The summed E-state index contributed by atoms with van der Waals surface area (Å²) in [6.07, 6.45) is 4.42. The second-order valence-corrected chi connectivity index (χ2v) is 3.82. The molecule has 0 N–H and O–H groups in total. The number of furan rings is 1. The lowest BCUT2D eigenvalue weighted by atomic mass is 10.2. The van der Waals surface area contributed by atoms with Gasteiger partial charge < -0.3 is 9.32 Å². The predicted octanol–water partition coefficient (Wildman–Crippen LogP) is 3.03. The smallest absolute Gasteiger partial charge is 0.203 e. The minimum absolute atomic E-state index is 1.05. The summed E-state index contributed by atoms with van der Waals surface area (Å²) in [5.74, 6) is 1.05. The van der Waals surface area contributed by atoms with Crippen molar-refractivity contribution in [3.05, 3.63) is 30.5 Å². The Hall–Kier alpha value is -1.44. The van der Waals surface area contributed by atoms with Gasteiger partial charge in [-0.2, -0.15) is 0 Å². The number of nitrogens with zero attached hydrogens (tertiary/aromatic N) is 1. The average Bonchev–Trinajstić information content (AvgIpc) is 2.85. The molecule has 14 heavy (non-hydrogen) atoms. The van der Waals surface area contributed by atoms with Crippen LogP contribution in [-0.2, 0) is 0 Å². The van der Waals surface area contributed by atoms with Crippen LogP contribution in [0.4, 0.5) is 5.88 Å². The number of fused-ring (bicyclic) bond motifs is 1. The summed E-state index contributed by atoms with van der Waals surface area (Å²) in [6.45, 7) is 2.27. The second kappa shape index (κ2) is 3.05. The largest absolute Gasteiger partial charge is 0.448 e. The van der Waals surface area contributed by atoms with Gasteiger partial charge in [0.25, 0.3) is 0 Å². The molecule has 72 valence electrons. The van der Waals surface area contributed by atoms with Crippen LogP contribution in [-0.4, -0.2) is 13.1 Å². The fourth-order valence-electron chi connectivity index (χ4n) is 2.14. The van der Waals surface area contributed by atoms with Crippen molar-refractivity contribution in [2.75, 3.05) is 18.0 Å². The second-order valence-electron chi connectivity index (χ2n) is 3.82. The van der Waals surface area contributed by atoms with Gasteiger partial charge in [0.1, 0.15) is 6.26 Å². The first-order valence-corrected chi connectivity index (χ1v) is 5.16. The van der Waals surface area contributed by atoms with Crippen LogP contribution in [0.5, 0.6) is 0 Å². The van der Waals surface area contributed by atoms with E-state index in [9.17, 15) is 0 Å². The van der Waals surface area contributed by atoms with Gasteiger partial charge in [-0.1, -0.05) is 18.2 Å². The summed E-state index contributed by atoms with van der Waals surface area (Å²) >= 11 is 0. The molecule has 1 saturated heterocycles. The Kier molecular flexibility index (Phi) is 1.72. The van der Waals surface area contributed by atoms with Gasteiger partial charge in [-0.25, -0.2) is 0 Å². The van der Waals surface area contributed by atoms with E-state index in [1.54, 1.807) is 0 Å². The minimum Gasteiger partial charge on any atom is -0.448 e. The minimum atomic E-state index is 1.05. The molecule has 0 radical (unpaired) electrons. The maximum Gasteiger partial charge on any atom is 0.203 e. The maximum atomic E-state index is 5.62. The van der Waals surface area contributed by atoms with Crippen LogP contribution in [0.1, 0.15) is 12.8 Å². The standard InChI is InChI=1S/C12H13NO/c1-2-6-11-10(5-1)9-14-12(11)13-7-3-4-8-13/h1-2,5-6,9H,3-4,7-8H2. The summed E-state index contributed by atoms with van der Waals surface area (Å²) in [4.78, 5) is 2.34. The van der Waals surface area contributed by atoms with Crippen molar-refractivity contribution in [2.45, 2.75) is 12.8 Å². The van der Waals surface area contributed by atoms with Gasteiger partial charge >= 0.3 is 0 Å². The van der Waals surface area contributed by atoms with E-state index < -0.39 is 0 Å². The first-order valence-electron chi connectivity index (χ1n) is 5.16. The first kappa shape index (κ1) is 7.92. The fourth-order valence-corrected chi connectivity index (χ4v) is 2.14. The molecule has 2 aromatic rings. The molecule has 1 aliphatic heterocycles. The van der Waals surface area contributed by atoms with Crippen molar-refractivity contribution in [1.82, 2.24) is 0 Å². The number of anilines is 1.